The van der Waals surface area contributed by atoms with E-state index < -0.39 is 4.92 Å². The lowest BCUT2D eigenvalue weighted by molar-refractivity contribution is -0.384. The molecule has 1 aliphatic heterocycles. The van der Waals surface area contributed by atoms with Crippen molar-refractivity contribution in [3.63, 3.8) is 0 Å². The molecule has 0 radical (unpaired) electrons. The number of nitrogens with zero attached hydrogens (tertiary/aromatic N) is 6. The Kier molecular flexibility index (Phi) is 5.45. The van der Waals surface area contributed by atoms with E-state index in [9.17, 15) is 14.9 Å². The Hall–Kier alpha value is -4.51. The first-order chi connectivity index (χ1) is 17.6. The highest BCUT2D eigenvalue weighted by Gasteiger charge is 2.34. The van der Waals surface area contributed by atoms with Gasteiger partial charge in [-0.15, -0.1) is 16.9 Å². The minimum Gasteiger partial charge on any atom is -0.489 e. The molecule has 5 aromatic rings. The van der Waals surface area contributed by atoms with E-state index >= 15 is 0 Å². The Morgan fingerprint density at radius 1 is 1.06 bits per heavy atom. The topological polar surface area (TPSA) is 116 Å². The Morgan fingerprint density at radius 3 is 2.61 bits per heavy atom. The molecule has 1 fully saturated rings. The molecule has 1 atom stereocenters. The molecule has 0 spiro atoms. The first-order valence-corrected chi connectivity index (χ1v) is 12.1. The number of nitro benzene ring substituents is 1. The van der Waals surface area contributed by atoms with Crippen molar-refractivity contribution in [2.75, 3.05) is 10.7 Å². The summed E-state index contributed by atoms with van der Waals surface area (Å²) in [5.74, 6) is 0.972. The first-order valence-electron chi connectivity index (χ1n) is 11.1. The molecule has 0 bridgehead atoms. The summed E-state index contributed by atoms with van der Waals surface area (Å²) in [6.45, 7) is 0.291. The number of non-ortho nitro benzene ring substituents is 1. The third-order valence-corrected chi connectivity index (χ3v) is 7.23. The van der Waals surface area contributed by atoms with Gasteiger partial charge in [0.05, 0.1) is 16.2 Å². The number of carbonyl (C=O) groups excluding carboxylic acids is 1. The second kappa shape index (κ2) is 8.93. The van der Waals surface area contributed by atoms with Gasteiger partial charge in [-0.05, 0) is 52.4 Å². The minimum absolute atomic E-state index is 0.0123. The molecular weight excluding hydrogens is 480 g/mol. The first kappa shape index (κ1) is 22.0. The molecule has 1 saturated heterocycles. The summed E-state index contributed by atoms with van der Waals surface area (Å²) in [6.07, 6.45) is 0. The zero-order valence-electron chi connectivity index (χ0n) is 18.7. The standard InChI is InChI=1S/C25H18N6O4S/c32-23-15-36-25(29(23)19-7-9-20(10-8-19)31(33)34)16-5-11-21(12-6-16)35-14-18-13-17-3-1-2-4-22(17)30-24(18)26-27-28-30/h1-13,25H,14-15H2. The fourth-order valence-corrected chi connectivity index (χ4v) is 5.46. The number of para-hydroxylation sites is 1. The summed E-state index contributed by atoms with van der Waals surface area (Å²) in [7, 11) is 0. The number of fused-ring (bicyclic) bond motifs is 3. The van der Waals surface area contributed by atoms with Crippen LogP contribution in [0, 0.1) is 10.1 Å². The number of nitro groups is 1. The summed E-state index contributed by atoms with van der Waals surface area (Å²) in [4.78, 5) is 24.8. The quantitative estimate of drug-likeness (QED) is 0.247. The van der Waals surface area contributed by atoms with Gasteiger partial charge in [-0.1, -0.05) is 30.3 Å². The number of ether oxygens (including phenoxy) is 1. The molecule has 36 heavy (non-hydrogen) atoms. The fourth-order valence-electron chi connectivity index (χ4n) is 4.29. The Balaban J connectivity index is 1.21. The molecule has 1 unspecified atom stereocenters. The van der Waals surface area contributed by atoms with E-state index in [1.807, 2.05) is 54.6 Å². The minimum atomic E-state index is -0.455. The van der Waals surface area contributed by atoms with Crippen molar-refractivity contribution < 1.29 is 14.5 Å². The number of hydrogen-bond acceptors (Lipinski definition) is 8. The van der Waals surface area contributed by atoms with Crippen molar-refractivity contribution in [3.8, 4) is 5.75 Å². The molecule has 6 rings (SSSR count). The van der Waals surface area contributed by atoms with E-state index in [1.54, 1.807) is 21.5 Å². The molecule has 11 heteroatoms. The number of benzene rings is 3. The van der Waals surface area contributed by atoms with Crippen molar-refractivity contribution in [1.82, 2.24) is 20.0 Å². The van der Waals surface area contributed by atoms with Crippen LogP contribution in [-0.2, 0) is 11.4 Å². The van der Waals surface area contributed by atoms with Gasteiger partial charge in [-0.3, -0.25) is 19.8 Å². The normalized spacial score (nSPS) is 15.6. The molecular formula is C25H18N6O4S. The summed E-state index contributed by atoms with van der Waals surface area (Å²) >= 11 is 1.51. The lowest BCUT2D eigenvalue weighted by atomic mass is 10.1. The Labute approximate surface area is 208 Å². The molecule has 0 N–H and O–H groups in total. The van der Waals surface area contributed by atoms with Gasteiger partial charge in [0.15, 0.2) is 5.65 Å². The fraction of sp³-hybridized carbons (Fsp3) is 0.120. The highest BCUT2D eigenvalue weighted by Crippen LogP contribution is 2.42. The maximum Gasteiger partial charge on any atom is 0.269 e. The zero-order chi connectivity index (χ0) is 24.6. The van der Waals surface area contributed by atoms with E-state index in [-0.39, 0.29) is 17.0 Å². The highest BCUT2D eigenvalue weighted by atomic mass is 32.2. The number of anilines is 1. The lowest BCUT2D eigenvalue weighted by Crippen LogP contribution is -2.27. The molecule has 2 aromatic heterocycles. The Morgan fingerprint density at radius 2 is 1.83 bits per heavy atom. The van der Waals surface area contributed by atoms with Gasteiger partial charge in [0.2, 0.25) is 5.91 Å². The number of amides is 1. The van der Waals surface area contributed by atoms with E-state index in [4.69, 9.17) is 4.74 Å². The van der Waals surface area contributed by atoms with Gasteiger partial charge in [-0.2, -0.15) is 4.52 Å². The SMILES string of the molecule is O=C1CSC(c2ccc(OCc3cc4ccccc4n4nnnc34)cc2)N1c1ccc([N+](=O)[O-])cc1. The van der Waals surface area contributed by atoms with Crippen LogP contribution in [0.15, 0.2) is 78.9 Å². The monoisotopic (exact) mass is 498 g/mol. The van der Waals surface area contributed by atoms with Gasteiger partial charge in [0, 0.05) is 28.8 Å². The van der Waals surface area contributed by atoms with E-state index in [0.717, 1.165) is 22.0 Å². The molecule has 10 nitrogen and oxygen atoms in total. The maximum atomic E-state index is 12.6. The van der Waals surface area contributed by atoms with Crippen LogP contribution in [0.1, 0.15) is 16.5 Å². The second-order valence-electron chi connectivity index (χ2n) is 8.20. The molecule has 0 saturated carbocycles. The average molecular weight is 499 g/mol. The van der Waals surface area contributed by atoms with Crippen LogP contribution < -0.4 is 9.64 Å². The smallest absolute Gasteiger partial charge is 0.269 e. The third kappa shape index (κ3) is 3.89. The number of pyridine rings is 1. The van der Waals surface area contributed by atoms with E-state index in [1.165, 1.54) is 23.9 Å². The molecule has 0 aliphatic carbocycles. The number of carbonyl (C=O) groups is 1. The van der Waals surface area contributed by atoms with Crippen molar-refractivity contribution in [1.29, 1.82) is 0 Å². The van der Waals surface area contributed by atoms with E-state index in [0.29, 0.717) is 29.4 Å². The van der Waals surface area contributed by atoms with Crippen LogP contribution in [0.25, 0.3) is 16.6 Å². The molecule has 1 aliphatic rings. The van der Waals surface area contributed by atoms with Crippen molar-refractivity contribution in [2.45, 2.75) is 12.0 Å². The predicted octanol–water partition coefficient (Wildman–Crippen LogP) is 4.54. The zero-order valence-corrected chi connectivity index (χ0v) is 19.5. The van der Waals surface area contributed by atoms with Crippen LogP contribution in [0.5, 0.6) is 5.75 Å². The predicted molar refractivity (Wildman–Crippen MR) is 135 cm³/mol. The van der Waals surface area contributed by atoms with Crippen LogP contribution >= 0.6 is 11.8 Å². The Bertz CT molecular complexity index is 1600. The number of thioether (sulfide) groups is 1. The third-order valence-electron chi connectivity index (χ3n) is 6.02. The van der Waals surface area contributed by atoms with Gasteiger partial charge >= 0.3 is 0 Å². The molecule has 1 amide bonds. The number of aromatic nitrogens is 4. The number of tetrazole rings is 1. The molecule has 3 heterocycles. The van der Waals surface area contributed by atoms with Crippen molar-refractivity contribution in [3.05, 3.63) is 100 Å². The van der Waals surface area contributed by atoms with Gasteiger partial charge < -0.3 is 4.74 Å². The van der Waals surface area contributed by atoms with E-state index in [2.05, 4.69) is 15.5 Å². The number of hydrogen-bond donors (Lipinski definition) is 0. The van der Waals surface area contributed by atoms with Crippen LogP contribution in [0.2, 0.25) is 0 Å². The van der Waals surface area contributed by atoms with Gasteiger partial charge in [0.1, 0.15) is 17.7 Å². The summed E-state index contributed by atoms with van der Waals surface area (Å²) < 4.78 is 7.75. The van der Waals surface area contributed by atoms with Crippen LogP contribution in [0.3, 0.4) is 0 Å². The summed E-state index contributed by atoms with van der Waals surface area (Å²) in [6, 6.07) is 23.5. The number of rotatable bonds is 6. The molecule has 178 valence electrons. The van der Waals surface area contributed by atoms with Crippen molar-refractivity contribution >= 4 is 45.6 Å². The maximum absolute atomic E-state index is 12.6. The van der Waals surface area contributed by atoms with Crippen LogP contribution in [0.4, 0.5) is 11.4 Å². The lowest BCUT2D eigenvalue weighted by Gasteiger charge is -2.24. The largest absolute Gasteiger partial charge is 0.489 e. The van der Waals surface area contributed by atoms with Gasteiger partial charge in [0.25, 0.3) is 5.69 Å². The summed E-state index contributed by atoms with van der Waals surface area (Å²) in [5, 5.41) is 23.8. The molecule has 3 aromatic carbocycles. The van der Waals surface area contributed by atoms with Crippen LogP contribution in [-0.4, -0.2) is 36.6 Å². The second-order valence-corrected chi connectivity index (χ2v) is 9.27. The summed E-state index contributed by atoms with van der Waals surface area (Å²) in [5.41, 5.74) is 3.98. The average Bonchev–Trinajstić information content (AvgIpc) is 3.55. The van der Waals surface area contributed by atoms with Crippen molar-refractivity contribution in [2.24, 2.45) is 0 Å². The van der Waals surface area contributed by atoms with Gasteiger partial charge in [-0.25, -0.2) is 0 Å². The highest BCUT2D eigenvalue weighted by molar-refractivity contribution is 8.00.